The molecule has 1 fully saturated rings. The summed E-state index contributed by atoms with van der Waals surface area (Å²) in [5, 5.41) is 0. The minimum atomic E-state index is 0.112. The third-order valence-electron chi connectivity index (χ3n) is 4.36. The van der Waals surface area contributed by atoms with Gasteiger partial charge in [0.05, 0.1) is 7.11 Å². The van der Waals surface area contributed by atoms with Gasteiger partial charge in [-0.25, -0.2) is 0 Å². The van der Waals surface area contributed by atoms with Gasteiger partial charge in [0.25, 0.3) is 0 Å². The van der Waals surface area contributed by atoms with E-state index in [0.717, 1.165) is 37.5 Å². The van der Waals surface area contributed by atoms with Gasteiger partial charge in [-0.05, 0) is 55.5 Å². The Labute approximate surface area is 137 Å². The predicted molar refractivity (Wildman–Crippen MR) is 93.9 cm³/mol. The van der Waals surface area contributed by atoms with Gasteiger partial charge in [-0.3, -0.25) is 4.79 Å². The lowest BCUT2D eigenvalue weighted by Gasteiger charge is -2.37. The molecule has 0 amide bonds. The number of hydrogen-bond acceptors (Lipinski definition) is 4. The number of hydrogen-bond donors (Lipinski definition) is 0. The highest BCUT2D eigenvalue weighted by atomic mass is 16.5. The molecule has 2 aromatic carbocycles. The van der Waals surface area contributed by atoms with Crippen molar-refractivity contribution in [2.45, 2.75) is 6.92 Å². The van der Waals surface area contributed by atoms with E-state index in [0.29, 0.717) is 0 Å². The van der Waals surface area contributed by atoms with Crippen molar-refractivity contribution in [3.05, 3.63) is 54.1 Å². The summed E-state index contributed by atoms with van der Waals surface area (Å²) in [6.45, 7) is 5.53. The van der Waals surface area contributed by atoms with Crippen molar-refractivity contribution in [3.63, 3.8) is 0 Å². The van der Waals surface area contributed by atoms with E-state index in [1.807, 2.05) is 36.4 Å². The summed E-state index contributed by atoms with van der Waals surface area (Å²) in [7, 11) is 1.69. The summed E-state index contributed by atoms with van der Waals surface area (Å²) in [5.74, 6) is 0.999. The lowest BCUT2D eigenvalue weighted by atomic mass is 10.1. The zero-order chi connectivity index (χ0) is 16.2. The molecule has 0 bridgehead atoms. The third kappa shape index (κ3) is 3.47. The second-order valence-electron chi connectivity index (χ2n) is 5.78. The van der Waals surface area contributed by atoms with Gasteiger partial charge < -0.3 is 14.5 Å². The average Bonchev–Trinajstić information content (AvgIpc) is 2.62. The lowest BCUT2D eigenvalue weighted by Crippen LogP contribution is -2.46. The minimum Gasteiger partial charge on any atom is -0.497 e. The maximum absolute atomic E-state index is 11.3. The highest BCUT2D eigenvalue weighted by molar-refractivity contribution is 5.94. The molecule has 4 heteroatoms. The Morgan fingerprint density at radius 1 is 0.826 bits per heavy atom. The standard InChI is InChI=1S/C19H22N2O2/c1-15(22)16-3-5-17(6-4-16)20-11-13-21(14-12-20)18-7-9-19(23-2)10-8-18/h3-10H,11-14H2,1-2H3. The number of piperazine rings is 1. The number of ketones is 1. The Morgan fingerprint density at radius 3 is 1.65 bits per heavy atom. The molecular formula is C19H22N2O2. The van der Waals surface area contributed by atoms with Crippen molar-refractivity contribution < 1.29 is 9.53 Å². The molecule has 3 rings (SSSR count). The van der Waals surface area contributed by atoms with Crippen molar-refractivity contribution in [1.29, 1.82) is 0 Å². The van der Waals surface area contributed by atoms with Crippen LogP contribution in [0.4, 0.5) is 11.4 Å². The second kappa shape index (κ2) is 6.73. The fraction of sp³-hybridized carbons (Fsp3) is 0.316. The molecule has 2 aromatic rings. The van der Waals surface area contributed by atoms with Crippen LogP contribution in [0.15, 0.2) is 48.5 Å². The molecular weight excluding hydrogens is 288 g/mol. The Morgan fingerprint density at radius 2 is 1.26 bits per heavy atom. The maximum Gasteiger partial charge on any atom is 0.159 e. The number of methoxy groups -OCH3 is 1. The first-order chi connectivity index (χ1) is 11.2. The van der Waals surface area contributed by atoms with Crippen LogP contribution in [0.25, 0.3) is 0 Å². The van der Waals surface area contributed by atoms with E-state index in [-0.39, 0.29) is 5.78 Å². The van der Waals surface area contributed by atoms with Gasteiger partial charge in [-0.15, -0.1) is 0 Å². The fourth-order valence-electron chi connectivity index (χ4n) is 2.92. The molecule has 1 aliphatic rings. The van der Waals surface area contributed by atoms with Crippen molar-refractivity contribution >= 4 is 17.2 Å². The smallest absolute Gasteiger partial charge is 0.159 e. The number of anilines is 2. The van der Waals surface area contributed by atoms with E-state index >= 15 is 0 Å². The molecule has 4 nitrogen and oxygen atoms in total. The van der Waals surface area contributed by atoms with Crippen LogP contribution in [0, 0.1) is 0 Å². The average molecular weight is 310 g/mol. The number of rotatable bonds is 4. The van der Waals surface area contributed by atoms with Gasteiger partial charge in [0.15, 0.2) is 5.78 Å². The first kappa shape index (κ1) is 15.4. The molecule has 0 unspecified atom stereocenters. The Hall–Kier alpha value is -2.49. The maximum atomic E-state index is 11.3. The van der Waals surface area contributed by atoms with E-state index in [9.17, 15) is 4.79 Å². The molecule has 0 aromatic heterocycles. The quantitative estimate of drug-likeness (QED) is 0.812. The van der Waals surface area contributed by atoms with E-state index in [1.165, 1.54) is 11.4 Å². The van der Waals surface area contributed by atoms with Crippen LogP contribution in [-0.2, 0) is 0 Å². The van der Waals surface area contributed by atoms with Gasteiger partial charge in [-0.1, -0.05) is 0 Å². The summed E-state index contributed by atoms with van der Waals surface area (Å²) in [6, 6.07) is 16.1. The van der Waals surface area contributed by atoms with Crippen molar-refractivity contribution in [1.82, 2.24) is 0 Å². The first-order valence-corrected chi connectivity index (χ1v) is 7.92. The van der Waals surface area contributed by atoms with Crippen LogP contribution >= 0.6 is 0 Å². The van der Waals surface area contributed by atoms with E-state index in [1.54, 1.807) is 14.0 Å². The van der Waals surface area contributed by atoms with Crippen LogP contribution in [0.3, 0.4) is 0 Å². The summed E-state index contributed by atoms with van der Waals surface area (Å²) in [5.41, 5.74) is 3.19. The van der Waals surface area contributed by atoms with Crippen molar-refractivity contribution in [2.75, 3.05) is 43.1 Å². The Kier molecular flexibility index (Phi) is 4.51. The molecule has 0 saturated carbocycles. The largest absolute Gasteiger partial charge is 0.497 e. The van der Waals surface area contributed by atoms with Gasteiger partial charge >= 0.3 is 0 Å². The molecule has 1 aliphatic heterocycles. The molecule has 1 saturated heterocycles. The van der Waals surface area contributed by atoms with Crippen LogP contribution in [0.2, 0.25) is 0 Å². The first-order valence-electron chi connectivity index (χ1n) is 7.92. The van der Waals surface area contributed by atoms with E-state index < -0.39 is 0 Å². The number of nitrogens with zero attached hydrogens (tertiary/aromatic N) is 2. The van der Waals surface area contributed by atoms with Crippen molar-refractivity contribution in [2.24, 2.45) is 0 Å². The molecule has 0 spiro atoms. The van der Waals surface area contributed by atoms with Gasteiger partial charge in [0.2, 0.25) is 0 Å². The Balaban J connectivity index is 1.62. The number of carbonyl (C=O) groups is 1. The zero-order valence-electron chi connectivity index (χ0n) is 13.7. The second-order valence-corrected chi connectivity index (χ2v) is 5.78. The molecule has 23 heavy (non-hydrogen) atoms. The van der Waals surface area contributed by atoms with Gasteiger partial charge in [0, 0.05) is 43.1 Å². The van der Waals surface area contributed by atoms with E-state index in [2.05, 4.69) is 21.9 Å². The molecule has 120 valence electrons. The van der Waals surface area contributed by atoms with Gasteiger partial charge in [-0.2, -0.15) is 0 Å². The summed E-state index contributed by atoms with van der Waals surface area (Å²) < 4.78 is 5.21. The normalized spacial score (nSPS) is 14.7. The third-order valence-corrected chi connectivity index (χ3v) is 4.36. The van der Waals surface area contributed by atoms with Crippen LogP contribution in [0.1, 0.15) is 17.3 Å². The molecule has 0 N–H and O–H groups in total. The highest BCUT2D eigenvalue weighted by Crippen LogP contribution is 2.23. The topological polar surface area (TPSA) is 32.8 Å². The summed E-state index contributed by atoms with van der Waals surface area (Å²) >= 11 is 0. The van der Waals surface area contributed by atoms with Gasteiger partial charge in [0.1, 0.15) is 5.75 Å². The molecule has 0 radical (unpaired) electrons. The monoisotopic (exact) mass is 310 g/mol. The summed E-state index contributed by atoms with van der Waals surface area (Å²) in [4.78, 5) is 16.1. The van der Waals surface area contributed by atoms with Crippen LogP contribution < -0.4 is 14.5 Å². The van der Waals surface area contributed by atoms with Crippen LogP contribution in [-0.4, -0.2) is 39.1 Å². The SMILES string of the molecule is COc1ccc(N2CCN(c3ccc(C(C)=O)cc3)CC2)cc1. The number of benzene rings is 2. The fourth-order valence-corrected chi connectivity index (χ4v) is 2.92. The van der Waals surface area contributed by atoms with Crippen molar-refractivity contribution in [3.8, 4) is 5.75 Å². The lowest BCUT2D eigenvalue weighted by molar-refractivity contribution is 0.101. The number of Topliss-reactive ketones (excluding diaryl/α,β-unsaturated/α-hetero) is 1. The molecule has 0 atom stereocenters. The predicted octanol–water partition coefficient (Wildman–Crippen LogP) is 3.22. The van der Waals surface area contributed by atoms with Crippen LogP contribution in [0.5, 0.6) is 5.75 Å². The molecule has 0 aliphatic carbocycles. The molecule has 1 heterocycles. The summed E-state index contributed by atoms with van der Waals surface area (Å²) in [6.07, 6.45) is 0. The minimum absolute atomic E-state index is 0.112. The van der Waals surface area contributed by atoms with E-state index in [4.69, 9.17) is 4.74 Å². The Bertz CT molecular complexity index is 657. The number of ether oxygens (including phenoxy) is 1. The zero-order valence-corrected chi connectivity index (χ0v) is 13.7. The number of carbonyl (C=O) groups excluding carboxylic acids is 1. The highest BCUT2D eigenvalue weighted by Gasteiger charge is 2.17.